The molecule has 1 heterocycles. The molecule has 1 N–H and O–H groups in total. The van der Waals surface area contributed by atoms with Gasteiger partial charge in [-0.25, -0.2) is 13.1 Å². The number of hydrogen-bond donors (Lipinski definition) is 1. The largest absolute Gasteiger partial charge is 0.494 e. The van der Waals surface area contributed by atoms with Gasteiger partial charge in [0.2, 0.25) is 15.9 Å². The Morgan fingerprint density at radius 3 is 2.57 bits per heavy atom. The number of hydrogen-bond acceptors (Lipinski definition) is 4. The molecule has 3 rings (SSSR count). The molecule has 1 amide bonds. The summed E-state index contributed by atoms with van der Waals surface area (Å²) in [5.41, 5.74) is 2.54. The van der Waals surface area contributed by atoms with Crippen molar-refractivity contribution in [3.05, 3.63) is 53.6 Å². The molecular weight excluding hydrogens is 376 g/mol. The highest BCUT2D eigenvalue weighted by Gasteiger charge is 2.24. The summed E-state index contributed by atoms with van der Waals surface area (Å²) in [6.07, 6.45) is 1.59. The van der Waals surface area contributed by atoms with Gasteiger partial charge in [0.1, 0.15) is 5.75 Å². The van der Waals surface area contributed by atoms with Gasteiger partial charge in [0.25, 0.3) is 0 Å². The zero-order valence-electron chi connectivity index (χ0n) is 16.4. The quantitative estimate of drug-likeness (QED) is 0.803. The van der Waals surface area contributed by atoms with E-state index >= 15 is 0 Å². The highest BCUT2D eigenvalue weighted by molar-refractivity contribution is 7.89. The van der Waals surface area contributed by atoms with Crippen molar-refractivity contribution in [2.24, 2.45) is 0 Å². The number of sulfonamides is 1. The molecule has 0 bridgehead atoms. The molecule has 0 aliphatic carbocycles. The number of nitrogens with one attached hydrogen (secondary N) is 1. The smallest absolute Gasteiger partial charge is 0.241 e. The van der Waals surface area contributed by atoms with Crippen molar-refractivity contribution in [2.75, 3.05) is 18.1 Å². The van der Waals surface area contributed by atoms with Gasteiger partial charge in [0.15, 0.2) is 0 Å². The Morgan fingerprint density at radius 1 is 1.21 bits per heavy atom. The van der Waals surface area contributed by atoms with Crippen LogP contribution in [0.3, 0.4) is 0 Å². The number of aryl methyl sites for hydroxylation is 1. The van der Waals surface area contributed by atoms with Crippen molar-refractivity contribution < 1.29 is 17.9 Å². The second-order valence-electron chi connectivity index (χ2n) is 6.91. The monoisotopic (exact) mass is 402 g/mol. The minimum Gasteiger partial charge on any atom is -0.494 e. The fourth-order valence-corrected chi connectivity index (χ4v) is 4.74. The van der Waals surface area contributed by atoms with Gasteiger partial charge >= 0.3 is 0 Å². The van der Waals surface area contributed by atoms with Gasteiger partial charge < -0.3 is 9.64 Å². The lowest BCUT2D eigenvalue weighted by molar-refractivity contribution is -0.116. The summed E-state index contributed by atoms with van der Waals surface area (Å²) in [7, 11) is -3.68. The van der Waals surface area contributed by atoms with E-state index in [0.717, 1.165) is 35.4 Å². The molecule has 0 unspecified atom stereocenters. The highest BCUT2D eigenvalue weighted by Crippen LogP contribution is 2.30. The summed E-state index contributed by atoms with van der Waals surface area (Å²) >= 11 is 0. The molecule has 28 heavy (non-hydrogen) atoms. The van der Waals surface area contributed by atoms with Crippen molar-refractivity contribution in [2.45, 2.75) is 44.6 Å². The maximum absolute atomic E-state index is 12.9. The molecule has 2 aromatic carbocycles. The first kappa shape index (κ1) is 20.4. The highest BCUT2D eigenvalue weighted by atomic mass is 32.2. The van der Waals surface area contributed by atoms with Crippen LogP contribution in [0, 0.1) is 0 Å². The first-order chi connectivity index (χ1) is 13.3. The third-order valence-corrected chi connectivity index (χ3v) is 6.42. The van der Waals surface area contributed by atoms with Gasteiger partial charge in [-0.15, -0.1) is 0 Å². The Hall–Kier alpha value is -2.38. The predicted molar refractivity (Wildman–Crippen MR) is 109 cm³/mol. The van der Waals surface area contributed by atoms with Crippen LogP contribution in [0.2, 0.25) is 0 Å². The summed E-state index contributed by atoms with van der Waals surface area (Å²) in [4.78, 5) is 13.7. The molecule has 150 valence electrons. The van der Waals surface area contributed by atoms with Crippen LogP contribution in [0.5, 0.6) is 5.75 Å². The SMILES string of the molecule is CCOc1ccc([C@@H](C)NS(=O)(=O)c2ccc3c(c2)CCCN3C(C)=O)cc1. The van der Waals surface area contributed by atoms with Crippen LogP contribution in [-0.2, 0) is 21.2 Å². The van der Waals surface area contributed by atoms with Crippen LogP contribution < -0.4 is 14.4 Å². The third kappa shape index (κ3) is 4.36. The molecule has 1 atom stereocenters. The van der Waals surface area contributed by atoms with Gasteiger partial charge in [0.05, 0.1) is 11.5 Å². The van der Waals surface area contributed by atoms with Gasteiger partial charge in [-0.2, -0.15) is 0 Å². The van der Waals surface area contributed by atoms with E-state index in [1.54, 1.807) is 23.1 Å². The second kappa shape index (κ2) is 8.32. The molecule has 6 nitrogen and oxygen atoms in total. The molecule has 2 aromatic rings. The number of amides is 1. The van der Waals surface area contributed by atoms with Crippen LogP contribution in [0.4, 0.5) is 5.69 Å². The van der Waals surface area contributed by atoms with Crippen molar-refractivity contribution in [1.29, 1.82) is 0 Å². The fourth-order valence-electron chi connectivity index (χ4n) is 3.46. The van der Waals surface area contributed by atoms with Gasteiger partial charge in [-0.3, -0.25) is 4.79 Å². The summed E-state index contributed by atoms with van der Waals surface area (Å²) in [6.45, 7) is 6.50. The Bertz CT molecular complexity index is 955. The first-order valence-corrected chi connectivity index (χ1v) is 11.0. The van der Waals surface area contributed by atoms with Crippen LogP contribution in [0.15, 0.2) is 47.4 Å². The fraction of sp³-hybridized carbons (Fsp3) is 0.381. The molecule has 0 saturated heterocycles. The van der Waals surface area contributed by atoms with Crippen LogP contribution in [0.25, 0.3) is 0 Å². The average molecular weight is 403 g/mol. The number of carbonyl (C=O) groups is 1. The Morgan fingerprint density at radius 2 is 1.93 bits per heavy atom. The molecular formula is C21H26N2O4S. The third-order valence-electron chi connectivity index (χ3n) is 4.88. The lowest BCUT2D eigenvalue weighted by atomic mass is 10.0. The molecule has 0 radical (unpaired) electrons. The Balaban J connectivity index is 1.80. The van der Waals surface area contributed by atoms with Crippen LogP contribution in [0.1, 0.15) is 44.4 Å². The van der Waals surface area contributed by atoms with Gasteiger partial charge in [-0.05, 0) is 68.1 Å². The van der Waals surface area contributed by atoms with Gasteiger partial charge in [-0.1, -0.05) is 12.1 Å². The number of rotatable bonds is 6. The number of anilines is 1. The number of fused-ring (bicyclic) bond motifs is 1. The number of ether oxygens (including phenoxy) is 1. The summed E-state index contributed by atoms with van der Waals surface area (Å²) < 4.78 is 33.9. The van der Waals surface area contributed by atoms with Crippen LogP contribution >= 0.6 is 0 Å². The Labute approximate surface area is 166 Å². The zero-order valence-corrected chi connectivity index (χ0v) is 17.3. The molecule has 0 aromatic heterocycles. The zero-order chi connectivity index (χ0) is 20.3. The topological polar surface area (TPSA) is 75.7 Å². The average Bonchev–Trinajstić information content (AvgIpc) is 2.67. The lowest BCUT2D eigenvalue weighted by Gasteiger charge is -2.29. The molecule has 0 fully saturated rings. The maximum Gasteiger partial charge on any atom is 0.241 e. The van der Waals surface area contributed by atoms with E-state index in [1.807, 2.05) is 38.1 Å². The number of nitrogens with zero attached hydrogens (tertiary/aromatic N) is 1. The first-order valence-electron chi connectivity index (χ1n) is 9.48. The molecule has 0 spiro atoms. The van der Waals surface area contributed by atoms with E-state index in [1.165, 1.54) is 6.92 Å². The van der Waals surface area contributed by atoms with E-state index in [9.17, 15) is 13.2 Å². The minimum absolute atomic E-state index is 0.0289. The summed E-state index contributed by atoms with van der Waals surface area (Å²) in [5, 5.41) is 0. The van der Waals surface area contributed by atoms with Gasteiger partial charge in [0, 0.05) is 25.2 Å². The van der Waals surface area contributed by atoms with Crippen LogP contribution in [-0.4, -0.2) is 27.5 Å². The minimum atomic E-state index is -3.68. The molecule has 7 heteroatoms. The maximum atomic E-state index is 12.9. The van der Waals surface area contributed by atoms with Crippen molar-refractivity contribution in [1.82, 2.24) is 4.72 Å². The Kier molecular flexibility index (Phi) is 6.05. The van der Waals surface area contributed by atoms with E-state index in [4.69, 9.17) is 4.74 Å². The number of carbonyl (C=O) groups excluding carboxylic acids is 1. The standard InChI is InChI=1S/C21H26N2O4S/c1-4-27-19-9-7-17(8-10-19)15(2)22-28(25,26)20-11-12-21-18(14-20)6-5-13-23(21)16(3)24/h7-12,14-15,22H,4-6,13H2,1-3H3/t15-/m1/s1. The second-order valence-corrected chi connectivity index (χ2v) is 8.62. The van der Waals surface area contributed by atoms with E-state index in [-0.39, 0.29) is 16.8 Å². The molecule has 0 saturated carbocycles. The molecule has 1 aliphatic rings. The summed E-state index contributed by atoms with van der Waals surface area (Å²) in [6, 6.07) is 12.0. The number of benzene rings is 2. The lowest BCUT2D eigenvalue weighted by Crippen LogP contribution is -2.34. The summed E-state index contributed by atoms with van der Waals surface area (Å²) in [5.74, 6) is 0.727. The van der Waals surface area contributed by atoms with E-state index in [2.05, 4.69) is 4.72 Å². The normalized spacial score (nSPS) is 15.0. The predicted octanol–water partition coefficient (Wildman–Crippen LogP) is 3.42. The van der Waals surface area contributed by atoms with Crippen molar-refractivity contribution in [3.63, 3.8) is 0 Å². The molecule has 1 aliphatic heterocycles. The van der Waals surface area contributed by atoms with E-state index < -0.39 is 10.0 Å². The van der Waals surface area contributed by atoms with E-state index in [0.29, 0.717) is 13.2 Å². The van der Waals surface area contributed by atoms with Crippen molar-refractivity contribution >= 4 is 21.6 Å². The van der Waals surface area contributed by atoms with Crippen molar-refractivity contribution in [3.8, 4) is 5.75 Å².